The molecule has 0 aliphatic heterocycles. The highest BCUT2D eigenvalue weighted by molar-refractivity contribution is 7.89. The largest absolute Gasteiger partial charge is 0.326 e. The van der Waals surface area contributed by atoms with Crippen LogP contribution in [-0.2, 0) is 23.1 Å². The molecule has 0 spiro atoms. The molecule has 0 saturated heterocycles. The average Bonchev–Trinajstić information content (AvgIpc) is 2.82. The van der Waals surface area contributed by atoms with Gasteiger partial charge in [-0.05, 0) is 46.5 Å². The van der Waals surface area contributed by atoms with Gasteiger partial charge in [-0.15, -0.1) is 0 Å². The lowest BCUT2D eigenvalue weighted by Crippen LogP contribution is -2.24. The smallest absolute Gasteiger partial charge is 0.242 e. The van der Waals surface area contributed by atoms with Crippen LogP contribution in [0.4, 0.5) is 0 Å². The van der Waals surface area contributed by atoms with Gasteiger partial charge in [-0.25, -0.2) is 13.1 Å². The van der Waals surface area contributed by atoms with Crippen LogP contribution in [-0.4, -0.2) is 8.42 Å². The summed E-state index contributed by atoms with van der Waals surface area (Å²) in [4.78, 5) is 0.0648. The highest BCUT2D eigenvalue weighted by atomic mass is 35.5. The highest BCUT2D eigenvalue weighted by Gasteiger charge is 2.18. The van der Waals surface area contributed by atoms with Crippen LogP contribution < -0.4 is 10.5 Å². The standard InChI is InChI=1S/C13H15ClN2O2S2/c1-9-7-19-8-11(9)6-16-20(17,18)13-4-10(5-15)2-3-12(13)14/h2-4,7-8,16H,5-6,15H2,1H3. The fourth-order valence-electron chi connectivity index (χ4n) is 1.70. The van der Waals surface area contributed by atoms with Gasteiger partial charge in [0.2, 0.25) is 10.0 Å². The van der Waals surface area contributed by atoms with Crippen LogP contribution in [0, 0.1) is 6.92 Å². The minimum Gasteiger partial charge on any atom is -0.326 e. The Morgan fingerprint density at radius 3 is 2.70 bits per heavy atom. The topological polar surface area (TPSA) is 72.2 Å². The number of nitrogens with two attached hydrogens (primary N) is 1. The minimum absolute atomic E-state index is 0.0648. The van der Waals surface area contributed by atoms with Crippen molar-refractivity contribution in [1.82, 2.24) is 4.72 Å². The van der Waals surface area contributed by atoms with Gasteiger partial charge in [0.15, 0.2) is 0 Å². The van der Waals surface area contributed by atoms with E-state index in [0.29, 0.717) is 0 Å². The maximum Gasteiger partial charge on any atom is 0.242 e. The summed E-state index contributed by atoms with van der Waals surface area (Å²) in [5.74, 6) is 0. The zero-order valence-corrected chi connectivity index (χ0v) is 13.3. The number of halogens is 1. The molecular weight excluding hydrogens is 316 g/mol. The summed E-state index contributed by atoms with van der Waals surface area (Å²) in [6.07, 6.45) is 0. The van der Waals surface area contributed by atoms with E-state index in [1.165, 1.54) is 6.07 Å². The molecule has 20 heavy (non-hydrogen) atoms. The molecule has 0 aliphatic rings. The Morgan fingerprint density at radius 2 is 2.10 bits per heavy atom. The Morgan fingerprint density at radius 1 is 1.35 bits per heavy atom. The molecule has 1 aromatic heterocycles. The van der Waals surface area contributed by atoms with Gasteiger partial charge in [0, 0.05) is 13.1 Å². The summed E-state index contributed by atoms with van der Waals surface area (Å²) < 4.78 is 27.2. The second-order valence-electron chi connectivity index (χ2n) is 4.37. The van der Waals surface area contributed by atoms with Crippen LogP contribution in [0.5, 0.6) is 0 Å². The van der Waals surface area contributed by atoms with E-state index in [2.05, 4.69) is 4.72 Å². The number of rotatable bonds is 5. The lowest BCUT2D eigenvalue weighted by Gasteiger charge is -2.09. The number of hydrogen-bond acceptors (Lipinski definition) is 4. The normalized spacial score (nSPS) is 11.8. The summed E-state index contributed by atoms with van der Waals surface area (Å²) in [7, 11) is -3.65. The van der Waals surface area contributed by atoms with Crippen LogP contribution in [0.2, 0.25) is 5.02 Å². The van der Waals surface area contributed by atoms with Gasteiger partial charge >= 0.3 is 0 Å². The molecule has 1 heterocycles. The zero-order chi connectivity index (χ0) is 14.8. The predicted octanol–water partition coefficient (Wildman–Crippen LogP) is 2.65. The maximum absolute atomic E-state index is 12.3. The number of sulfonamides is 1. The maximum atomic E-state index is 12.3. The lowest BCUT2D eigenvalue weighted by atomic mass is 10.2. The van der Waals surface area contributed by atoms with Crippen molar-refractivity contribution in [3.63, 3.8) is 0 Å². The van der Waals surface area contributed by atoms with E-state index >= 15 is 0 Å². The fraction of sp³-hybridized carbons (Fsp3) is 0.231. The third kappa shape index (κ3) is 3.39. The first-order chi connectivity index (χ1) is 9.44. The van der Waals surface area contributed by atoms with Gasteiger partial charge in [0.25, 0.3) is 0 Å². The Labute approximate surface area is 127 Å². The minimum atomic E-state index is -3.65. The molecule has 1 aromatic carbocycles. The molecule has 2 aromatic rings. The van der Waals surface area contributed by atoms with Crippen LogP contribution in [0.3, 0.4) is 0 Å². The van der Waals surface area contributed by atoms with Crippen molar-refractivity contribution in [3.05, 3.63) is 50.7 Å². The van der Waals surface area contributed by atoms with E-state index in [9.17, 15) is 8.42 Å². The third-order valence-electron chi connectivity index (χ3n) is 2.94. The van der Waals surface area contributed by atoms with Crippen LogP contribution in [0.1, 0.15) is 16.7 Å². The Kier molecular flexibility index (Phi) is 4.82. The van der Waals surface area contributed by atoms with Crippen molar-refractivity contribution in [2.75, 3.05) is 0 Å². The first-order valence-corrected chi connectivity index (χ1v) is 8.74. The van der Waals surface area contributed by atoms with E-state index in [4.69, 9.17) is 17.3 Å². The highest BCUT2D eigenvalue weighted by Crippen LogP contribution is 2.23. The van der Waals surface area contributed by atoms with Gasteiger partial charge in [-0.1, -0.05) is 17.7 Å². The van der Waals surface area contributed by atoms with E-state index in [1.807, 2.05) is 17.7 Å². The quantitative estimate of drug-likeness (QED) is 0.885. The van der Waals surface area contributed by atoms with Gasteiger partial charge in [-0.2, -0.15) is 11.3 Å². The number of aryl methyl sites for hydroxylation is 1. The van der Waals surface area contributed by atoms with Crippen molar-refractivity contribution in [2.45, 2.75) is 24.9 Å². The van der Waals surface area contributed by atoms with Crippen LogP contribution in [0.25, 0.3) is 0 Å². The monoisotopic (exact) mass is 330 g/mol. The molecule has 0 unspecified atom stereocenters. The molecule has 0 atom stereocenters. The van der Waals surface area contributed by atoms with Gasteiger partial charge in [0.05, 0.1) is 5.02 Å². The molecular formula is C13H15ClN2O2S2. The molecule has 2 rings (SSSR count). The van der Waals surface area contributed by atoms with Crippen LogP contribution >= 0.6 is 22.9 Å². The van der Waals surface area contributed by atoms with Gasteiger partial charge < -0.3 is 5.73 Å². The second-order valence-corrected chi connectivity index (χ2v) is 7.26. The summed E-state index contributed by atoms with van der Waals surface area (Å²) >= 11 is 7.52. The van der Waals surface area contributed by atoms with E-state index in [-0.39, 0.29) is 23.0 Å². The van der Waals surface area contributed by atoms with Crippen molar-refractivity contribution in [1.29, 1.82) is 0 Å². The fourth-order valence-corrected chi connectivity index (χ4v) is 4.11. The summed E-state index contributed by atoms with van der Waals surface area (Å²) in [5, 5.41) is 4.10. The molecule has 0 fully saturated rings. The third-order valence-corrected chi connectivity index (χ3v) is 5.73. The Hall–Kier alpha value is -0.920. The average molecular weight is 331 g/mol. The first kappa shape index (κ1) is 15.5. The van der Waals surface area contributed by atoms with Crippen molar-refractivity contribution in [2.24, 2.45) is 5.73 Å². The molecule has 0 bridgehead atoms. The number of nitrogens with one attached hydrogen (secondary N) is 1. The molecule has 4 nitrogen and oxygen atoms in total. The van der Waals surface area contributed by atoms with Gasteiger partial charge in [-0.3, -0.25) is 0 Å². The Balaban J connectivity index is 2.24. The van der Waals surface area contributed by atoms with Gasteiger partial charge in [0.1, 0.15) is 4.90 Å². The van der Waals surface area contributed by atoms with E-state index < -0.39 is 10.0 Å². The summed E-state index contributed by atoms with van der Waals surface area (Å²) in [5.41, 5.74) is 8.28. The summed E-state index contributed by atoms with van der Waals surface area (Å²) in [6, 6.07) is 4.77. The molecule has 0 aliphatic carbocycles. The number of thiophene rings is 1. The molecule has 108 valence electrons. The zero-order valence-electron chi connectivity index (χ0n) is 10.9. The molecule has 0 amide bonds. The summed E-state index contributed by atoms with van der Waals surface area (Å²) in [6.45, 7) is 2.46. The SMILES string of the molecule is Cc1cscc1CNS(=O)(=O)c1cc(CN)ccc1Cl. The van der Waals surface area contributed by atoms with Crippen molar-refractivity contribution >= 4 is 33.0 Å². The number of hydrogen-bond donors (Lipinski definition) is 2. The van der Waals surface area contributed by atoms with Crippen molar-refractivity contribution < 1.29 is 8.42 Å². The van der Waals surface area contributed by atoms with Crippen LogP contribution in [0.15, 0.2) is 33.9 Å². The predicted molar refractivity (Wildman–Crippen MR) is 82.4 cm³/mol. The lowest BCUT2D eigenvalue weighted by molar-refractivity contribution is 0.581. The number of benzene rings is 1. The van der Waals surface area contributed by atoms with E-state index in [1.54, 1.807) is 23.5 Å². The second kappa shape index (κ2) is 6.24. The molecule has 0 radical (unpaired) electrons. The molecule has 0 saturated carbocycles. The van der Waals surface area contributed by atoms with E-state index in [0.717, 1.165) is 16.7 Å². The Bertz CT molecular complexity index is 711. The first-order valence-electron chi connectivity index (χ1n) is 5.94. The molecule has 3 N–H and O–H groups in total. The molecule has 7 heteroatoms. The van der Waals surface area contributed by atoms with Crippen molar-refractivity contribution in [3.8, 4) is 0 Å².